The van der Waals surface area contributed by atoms with Gasteiger partial charge in [-0.3, -0.25) is 9.36 Å². The lowest BCUT2D eigenvalue weighted by molar-refractivity contribution is -0.123. The van der Waals surface area contributed by atoms with Gasteiger partial charge in [-0.05, 0) is 42.7 Å². The molecule has 8 heteroatoms. The molecule has 0 fully saturated rings. The fraction of sp³-hybridized carbons (Fsp3) is 0.222. The van der Waals surface area contributed by atoms with Gasteiger partial charge in [0.15, 0.2) is 11.0 Å². The molecule has 3 aromatic carbocycles. The maximum Gasteiger partial charge on any atom is 0.228 e. The third-order valence-electron chi connectivity index (χ3n) is 5.69. The topological polar surface area (TPSA) is 59.8 Å². The molecule has 2 unspecified atom stereocenters. The summed E-state index contributed by atoms with van der Waals surface area (Å²) in [5.74, 6) is 0.984. The lowest BCUT2D eigenvalue weighted by Crippen LogP contribution is -2.32. The van der Waals surface area contributed by atoms with E-state index in [1.165, 1.54) is 5.56 Å². The van der Waals surface area contributed by atoms with E-state index >= 15 is 0 Å². The third kappa shape index (κ3) is 6.07. The molecule has 180 valence electrons. The Morgan fingerprint density at radius 3 is 2.37 bits per heavy atom. The Balaban J connectivity index is 1.65. The Morgan fingerprint density at radius 1 is 1.00 bits per heavy atom. The fourth-order valence-corrected chi connectivity index (χ4v) is 5.17. The SMILES string of the molecule is CCC(C(=O)NC(C)c1nnc(SCc2ccccc2)n1-c1cc(Cl)ccc1Cl)c1ccccc1. The van der Waals surface area contributed by atoms with Crippen molar-refractivity contribution in [2.24, 2.45) is 0 Å². The number of rotatable bonds is 9. The zero-order valence-corrected chi connectivity index (χ0v) is 21.8. The van der Waals surface area contributed by atoms with Crippen LogP contribution in [-0.4, -0.2) is 20.7 Å². The molecular weight excluding hydrogens is 499 g/mol. The first-order valence-electron chi connectivity index (χ1n) is 11.4. The Morgan fingerprint density at radius 2 is 1.69 bits per heavy atom. The largest absolute Gasteiger partial charge is 0.346 e. The second-order valence-corrected chi connectivity index (χ2v) is 9.93. The summed E-state index contributed by atoms with van der Waals surface area (Å²) in [6, 6.07) is 24.8. The molecule has 0 radical (unpaired) electrons. The van der Waals surface area contributed by atoms with E-state index in [0.717, 1.165) is 5.56 Å². The van der Waals surface area contributed by atoms with Crippen molar-refractivity contribution in [1.29, 1.82) is 0 Å². The van der Waals surface area contributed by atoms with E-state index in [-0.39, 0.29) is 11.8 Å². The van der Waals surface area contributed by atoms with Crippen LogP contribution in [0, 0.1) is 0 Å². The molecule has 2 atom stereocenters. The van der Waals surface area contributed by atoms with Crippen LogP contribution in [0.2, 0.25) is 10.0 Å². The van der Waals surface area contributed by atoms with Crippen molar-refractivity contribution in [2.75, 3.05) is 0 Å². The molecule has 1 amide bonds. The number of halogens is 2. The van der Waals surface area contributed by atoms with E-state index in [0.29, 0.717) is 38.9 Å². The summed E-state index contributed by atoms with van der Waals surface area (Å²) in [5, 5.41) is 13.8. The number of amides is 1. The van der Waals surface area contributed by atoms with Gasteiger partial charge in [0.2, 0.25) is 5.91 Å². The van der Waals surface area contributed by atoms with Crippen molar-refractivity contribution in [2.45, 2.75) is 43.1 Å². The average molecular weight is 526 g/mol. The molecular formula is C27H26Cl2N4OS. The third-order valence-corrected chi connectivity index (χ3v) is 7.25. The number of thioether (sulfide) groups is 1. The Bertz CT molecular complexity index is 1280. The quantitative estimate of drug-likeness (QED) is 0.234. The van der Waals surface area contributed by atoms with Crippen LogP contribution in [-0.2, 0) is 10.5 Å². The maximum atomic E-state index is 13.2. The molecule has 0 aliphatic rings. The van der Waals surface area contributed by atoms with Crippen LogP contribution in [0.25, 0.3) is 5.69 Å². The van der Waals surface area contributed by atoms with Gasteiger partial charge in [-0.25, -0.2) is 0 Å². The molecule has 4 aromatic rings. The van der Waals surface area contributed by atoms with E-state index in [4.69, 9.17) is 23.2 Å². The van der Waals surface area contributed by atoms with Gasteiger partial charge in [0, 0.05) is 10.8 Å². The van der Waals surface area contributed by atoms with Crippen molar-refractivity contribution >= 4 is 40.9 Å². The molecule has 0 saturated heterocycles. The van der Waals surface area contributed by atoms with Crippen LogP contribution < -0.4 is 5.32 Å². The lowest BCUT2D eigenvalue weighted by atomic mass is 9.95. The highest BCUT2D eigenvalue weighted by Crippen LogP contribution is 2.33. The van der Waals surface area contributed by atoms with Gasteiger partial charge in [-0.1, -0.05) is 103 Å². The Hall–Kier alpha value is -2.80. The molecule has 1 heterocycles. The van der Waals surface area contributed by atoms with E-state index < -0.39 is 6.04 Å². The standard InChI is InChI=1S/C27H26Cl2N4OS/c1-3-22(20-12-8-5-9-13-20)26(34)30-18(2)25-31-32-27(35-17-19-10-6-4-7-11-19)33(25)24-16-21(28)14-15-23(24)29/h4-16,18,22H,3,17H2,1-2H3,(H,30,34). The summed E-state index contributed by atoms with van der Waals surface area (Å²) in [5.41, 5.74) is 2.82. The van der Waals surface area contributed by atoms with Crippen molar-refractivity contribution in [3.05, 3.63) is 106 Å². The number of aromatic nitrogens is 3. The molecule has 0 aliphatic carbocycles. The normalized spacial score (nSPS) is 12.8. The summed E-state index contributed by atoms with van der Waals surface area (Å²) >= 11 is 14.4. The second kappa shape index (κ2) is 11.8. The first-order chi connectivity index (χ1) is 17.0. The number of hydrogen-bond donors (Lipinski definition) is 1. The van der Waals surface area contributed by atoms with Crippen LogP contribution in [0.3, 0.4) is 0 Å². The second-order valence-electron chi connectivity index (χ2n) is 8.15. The summed E-state index contributed by atoms with van der Waals surface area (Å²) in [4.78, 5) is 13.2. The Labute approximate surface area is 219 Å². The zero-order chi connectivity index (χ0) is 24.8. The fourth-order valence-electron chi connectivity index (χ4n) is 3.90. The van der Waals surface area contributed by atoms with Gasteiger partial charge in [0.1, 0.15) is 0 Å². The molecule has 0 aliphatic heterocycles. The number of hydrogen-bond acceptors (Lipinski definition) is 4. The number of nitrogens with one attached hydrogen (secondary N) is 1. The smallest absolute Gasteiger partial charge is 0.228 e. The Kier molecular flexibility index (Phi) is 8.50. The van der Waals surface area contributed by atoms with Gasteiger partial charge in [-0.2, -0.15) is 0 Å². The van der Waals surface area contributed by atoms with Crippen molar-refractivity contribution in [1.82, 2.24) is 20.1 Å². The van der Waals surface area contributed by atoms with E-state index in [9.17, 15) is 4.79 Å². The van der Waals surface area contributed by atoms with Gasteiger partial charge in [-0.15, -0.1) is 10.2 Å². The average Bonchev–Trinajstić information content (AvgIpc) is 3.30. The van der Waals surface area contributed by atoms with Crippen molar-refractivity contribution in [3.63, 3.8) is 0 Å². The molecule has 1 aromatic heterocycles. The highest BCUT2D eigenvalue weighted by atomic mass is 35.5. The highest BCUT2D eigenvalue weighted by molar-refractivity contribution is 7.98. The molecule has 0 bridgehead atoms. The number of carbonyl (C=O) groups is 1. The molecule has 5 nitrogen and oxygen atoms in total. The lowest BCUT2D eigenvalue weighted by Gasteiger charge is -2.21. The van der Waals surface area contributed by atoms with Crippen LogP contribution >= 0.6 is 35.0 Å². The maximum absolute atomic E-state index is 13.2. The summed E-state index contributed by atoms with van der Waals surface area (Å²) in [6.07, 6.45) is 0.688. The summed E-state index contributed by atoms with van der Waals surface area (Å²) in [6.45, 7) is 3.91. The summed E-state index contributed by atoms with van der Waals surface area (Å²) < 4.78 is 1.89. The molecule has 0 spiro atoms. The van der Waals surface area contributed by atoms with Crippen LogP contribution in [0.1, 0.15) is 49.2 Å². The number of carbonyl (C=O) groups excluding carboxylic acids is 1. The predicted octanol–water partition coefficient (Wildman–Crippen LogP) is 7.24. The highest BCUT2D eigenvalue weighted by Gasteiger charge is 2.26. The van der Waals surface area contributed by atoms with Crippen LogP contribution in [0.4, 0.5) is 0 Å². The van der Waals surface area contributed by atoms with Gasteiger partial charge >= 0.3 is 0 Å². The van der Waals surface area contributed by atoms with Gasteiger partial charge in [0.05, 0.1) is 22.7 Å². The van der Waals surface area contributed by atoms with Crippen molar-refractivity contribution < 1.29 is 4.79 Å². The first-order valence-corrected chi connectivity index (χ1v) is 13.1. The van der Waals surface area contributed by atoms with Crippen LogP contribution in [0.15, 0.2) is 84.0 Å². The van der Waals surface area contributed by atoms with E-state index in [2.05, 4.69) is 27.6 Å². The summed E-state index contributed by atoms with van der Waals surface area (Å²) in [7, 11) is 0. The molecule has 35 heavy (non-hydrogen) atoms. The molecule has 0 saturated carbocycles. The number of nitrogens with zero attached hydrogens (tertiary/aromatic N) is 3. The van der Waals surface area contributed by atoms with E-state index in [1.54, 1.807) is 30.0 Å². The minimum Gasteiger partial charge on any atom is -0.346 e. The van der Waals surface area contributed by atoms with E-state index in [1.807, 2.05) is 66.9 Å². The predicted molar refractivity (Wildman–Crippen MR) is 143 cm³/mol. The van der Waals surface area contributed by atoms with Gasteiger partial charge < -0.3 is 5.32 Å². The monoisotopic (exact) mass is 524 g/mol. The molecule has 4 rings (SSSR count). The first kappa shape index (κ1) is 25.3. The van der Waals surface area contributed by atoms with Gasteiger partial charge in [0.25, 0.3) is 0 Å². The van der Waals surface area contributed by atoms with Crippen molar-refractivity contribution in [3.8, 4) is 5.69 Å². The minimum atomic E-state index is -0.408. The molecule has 1 N–H and O–H groups in total. The number of benzene rings is 3. The zero-order valence-electron chi connectivity index (χ0n) is 19.5. The minimum absolute atomic E-state index is 0.0589. The van der Waals surface area contributed by atoms with Crippen LogP contribution in [0.5, 0.6) is 0 Å².